The summed E-state index contributed by atoms with van der Waals surface area (Å²) < 4.78 is 5.82. The largest absolute Gasteiger partial charge is 0.466 e. The van der Waals surface area contributed by atoms with E-state index in [4.69, 9.17) is 9.40 Å². The van der Waals surface area contributed by atoms with Crippen LogP contribution in [-0.2, 0) is 12.0 Å². The van der Waals surface area contributed by atoms with E-state index >= 15 is 0 Å². The summed E-state index contributed by atoms with van der Waals surface area (Å²) in [4.78, 5) is 13.6. The van der Waals surface area contributed by atoms with Gasteiger partial charge in [-0.25, -0.2) is 4.98 Å². The molecule has 1 spiro atoms. The minimum absolute atomic E-state index is 0.156. The van der Waals surface area contributed by atoms with Crippen LogP contribution in [-0.4, -0.2) is 52.5 Å². The smallest absolute Gasteiger partial charge is 0.107 e. The molecule has 0 radical (unpaired) electrons. The number of hydrogen-bond donors (Lipinski definition) is 1. The quantitative estimate of drug-likeness (QED) is 0.766. The van der Waals surface area contributed by atoms with Gasteiger partial charge in [0.05, 0.1) is 17.6 Å². The lowest BCUT2D eigenvalue weighted by molar-refractivity contribution is 0.00407. The topological polar surface area (TPSA) is 48.3 Å². The molecule has 5 heteroatoms. The van der Waals surface area contributed by atoms with Crippen molar-refractivity contribution in [3.8, 4) is 0 Å². The maximum Gasteiger partial charge on any atom is 0.107 e. The summed E-state index contributed by atoms with van der Waals surface area (Å²) in [7, 11) is 0. The Bertz CT molecular complexity index is 756. The maximum atomic E-state index is 5.82. The Balaban J connectivity index is 1.38. The van der Waals surface area contributed by atoms with Crippen molar-refractivity contribution >= 4 is 0 Å². The van der Waals surface area contributed by atoms with Crippen molar-refractivity contribution in [1.82, 2.24) is 19.8 Å². The summed E-state index contributed by atoms with van der Waals surface area (Å²) in [5, 5.41) is 0. The summed E-state index contributed by atoms with van der Waals surface area (Å²) in [5.41, 5.74) is 2.88. The average Bonchev–Trinajstić information content (AvgIpc) is 3.36. The highest BCUT2D eigenvalue weighted by Gasteiger charge is 2.46. The van der Waals surface area contributed by atoms with Crippen LogP contribution in [0.3, 0.4) is 0 Å². The van der Waals surface area contributed by atoms with Gasteiger partial charge in [0.15, 0.2) is 0 Å². The van der Waals surface area contributed by atoms with Crippen molar-refractivity contribution in [2.45, 2.75) is 70.8 Å². The fraction of sp³-hybridized carbons (Fsp3) is 0.696. The molecule has 0 aliphatic carbocycles. The van der Waals surface area contributed by atoms with Gasteiger partial charge in [-0.15, -0.1) is 0 Å². The van der Waals surface area contributed by atoms with E-state index < -0.39 is 0 Å². The molecule has 1 fully saturated rings. The fourth-order valence-corrected chi connectivity index (χ4v) is 5.13. The molecule has 5 nitrogen and oxygen atoms in total. The van der Waals surface area contributed by atoms with Crippen molar-refractivity contribution in [2.24, 2.45) is 0 Å². The number of imidazole rings is 1. The van der Waals surface area contributed by atoms with Crippen LogP contribution < -0.4 is 0 Å². The van der Waals surface area contributed by atoms with Crippen LogP contribution in [0.2, 0.25) is 0 Å². The zero-order chi connectivity index (χ0) is 19.6. The van der Waals surface area contributed by atoms with Gasteiger partial charge in [0.25, 0.3) is 0 Å². The molecule has 1 N–H and O–H groups in total. The number of rotatable bonds is 7. The van der Waals surface area contributed by atoms with Gasteiger partial charge in [0.2, 0.25) is 0 Å². The van der Waals surface area contributed by atoms with Gasteiger partial charge in [-0.1, -0.05) is 20.3 Å². The first-order chi connectivity index (χ1) is 13.6. The Kier molecular flexibility index (Phi) is 5.93. The first-order valence-corrected chi connectivity index (χ1v) is 11.2. The molecule has 0 saturated carbocycles. The van der Waals surface area contributed by atoms with Crippen LogP contribution in [0.5, 0.6) is 0 Å². The summed E-state index contributed by atoms with van der Waals surface area (Å²) in [6.07, 6.45) is 9.13. The number of unbranched alkanes of at least 4 members (excludes halogenated alkanes) is 1. The van der Waals surface area contributed by atoms with Crippen molar-refractivity contribution in [3.63, 3.8) is 0 Å². The van der Waals surface area contributed by atoms with E-state index in [0.717, 1.165) is 30.9 Å². The van der Waals surface area contributed by atoms with Crippen LogP contribution >= 0.6 is 0 Å². The monoisotopic (exact) mass is 384 g/mol. The van der Waals surface area contributed by atoms with E-state index in [2.05, 4.69) is 40.8 Å². The number of piperidine rings is 1. The molecule has 1 atom stereocenters. The maximum absolute atomic E-state index is 5.82. The van der Waals surface area contributed by atoms with E-state index in [9.17, 15) is 0 Å². The van der Waals surface area contributed by atoms with Crippen molar-refractivity contribution in [3.05, 3.63) is 41.4 Å². The van der Waals surface area contributed by atoms with Crippen LogP contribution in [0, 0.1) is 6.92 Å². The van der Waals surface area contributed by atoms with Crippen LogP contribution in [0.4, 0.5) is 0 Å². The number of aromatic amines is 1. The van der Waals surface area contributed by atoms with Gasteiger partial charge in [-0.3, -0.25) is 4.90 Å². The molecule has 0 amide bonds. The molecule has 0 bridgehead atoms. The van der Waals surface area contributed by atoms with E-state index in [1.807, 2.05) is 13.3 Å². The van der Waals surface area contributed by atoms with E-state index in [1.54, 1.807) is 0 Å². The second-order valence-electron chi connectivity index (χ2n) is 8.83. The Labute approximate surface area is 169 Å². The second-order valence-corrected chi connectivity index (χ2v) is 8.83. The SMILES string of the molecule is CCCCN1CCc2[nH]cnc2C12CCN(CC[C@H](C)c1ccc(C)o1)CC2. The van der Waals surface area contributed by atoms with Gasteiger partial charge in [-0.05, 0) is 57.8 Å². The summed E-state index contributed by atoms with van der Waals surface area (Å²) in [5.74, 6) is 2.63. The summed E-state index contributed by atoms with van der Waals surface area (Å²) >= 11 is 0. The third-order valence-corrected chi connectivity index (χ3v) is 6.99. The number of likely N-dealkylation sites (tertiary alicyclic amines) is 1. The number of nitrogens with zero attached hydrogens (tertiary/aromatic N) is 3. The molecule has 0 aromatic carbocycles. The van der Waals surface area contributed by atoms with Gasteiger partial charge in [0.1, 0.15) is 11.5 Å². The minimum atomic E-state index is 0.156. The first-order valence-electron chi connectivity index (χ1n) is 11.2. The molecule has 1 saturated heterocycles. The normalized spacial score (nSPS) is 21.1. The number of aromatic nitrogens is 2. The van der Waals surface area contributed by atoms with Gasteiger partial charge in [-0.2, -0.15) is 0 Å². The third kappa shape index (κ3) is 3.79. The summed E-state index contributed by atoms with van der Waals surface area (Å²) in [6.45, 7) is 12.5. The van der Waals surface area contributed by atoms with E-state index in [1.165, 1.54) is 63.3 Å². The van der Waals surface area contributed by atoms with Gasteiger partial charge >= 0.3 is 0 Å². The molecule has 28 heavy (non-hydrogen) atoms. The molecule has 154 valence electrons. The van der Waals surface area contributed by atoms with Crippen LogP contribution in [0.15, 0.2) is 22.9 Å². The molecule has 2 aliphatic heterocycles. The number of nitrogens with one attached hydrogen (secondary N) is 1. The molecular weight excluding hydrogens is 348 g/mol. The second kappa shape index (κ2) is 8.42. The standard InChI is InChI=1S/C23H36N4O/c1-4-5-12-27-14-9-20-22(25-17-24-20)23(27)10-15-26(16-11-23)13-8-18(2)21-7-6-19(3)28-21/h6-7,17-18H,4-5,8-16H2,1-3H3,(H,24,25)/t18-/m0/s1. The highest BCUT2D eigenvalue weighted by Crippen LogP contribution is 2.42. The van der Waals surface area contributed by atoms with Crippen molar-refractivity contribution < 1.29 is 4.42 Å². The molecule has 2 aliphatic rings. The molecule has 2 aromatic heterocycles. The lowest BCUT2D eigenvalue weighted by Crippen LogP contribution is -2.56. The molecule has 2 aromatic rings. The number of H-pyrrole nitrogens is 1. The minimum Gasteiger partial charge on any atom is -0.466 e. The Morgan fingerprint density at radius 3 is 2.75 bits per heavy atom. The molecule has 4 heterocycles. The Morgan fingerprint density at radius 1 is 1.21 bits per heavy atom. The zero-order valence-electron chi connectivity index (χ0n) is 17.8. The summed E-state index contributed by atoms with van der Waals surface area (Å²) in [6, 6.07) is 4.21. The highest BCUT2D eigenvalue weighted by atomic mass is 16.3. The average molecular weight is 385 g/mol. The lowest BCUT2D eigenvalue weighted by atomic mass is 9.78. The number of aryl methyl sites for hydroxylation is 1. The van der Waals surface area contributed by atoms with E-state index in [-0.39, 0.29) is 5.54 Å². The van der Waals surface area contributed by atoms with Crippen LogP contribution in [0.1, 0.15) is 74.8 Å². The zero-order valence-corrected chi connectivity index (χ0v) is 17.8. The van der Waals surface area contributed by atoms with Crippen molar-refractivity contribution in [2.75, 3.05) is 32.7 Å². The highest BCUT2D eigenvalue weighted by molar-refractivity contribution is 5.26. The number of fused-ring (bicyclic) bond motifs is 2. The first kappa shape index (κ1) is 19.7. The van der Waals surface area contributed by atoms with Gasteiger partial charge < -0.3 is 14.3 Å². The van der Waals surface area contributed by atoms with Crippen LogP contribution in [0.25, 0.3) is 0 Å². The molecule has 4 rings (SSSR count). The number of furan rings is 1. The van der Waals surface area contributed by atoms with Crippen molar-refractivity contribution in [1.29, 1.82) is 0 Å². The molecular formula is C23H36N4O. The Morgan fingerprint density at radius 2 is 2.04 bits per heavy atom. The fourth-order valence-electron chi connectivity index (χ4n) is 5.13. The number of hydrogen-bond acceptors (Lipinski definition) is 4. The molecule has 0 unspecified atom stereocenters. The van der Waals surface area contributed by atoms with E-state index in [0.29, 0.717) is 5.92 Å². The van der Waals surface area contributed by atoms with Gasteiger partial charge in [0, 0.05) is 37.7 Å². The predicted octanol–water partition coefficient (Wildman–Crippen LogP) is 4.45. The predicted molar refractivity (Wildman–Crippen MR) is 113 cm³/mol. The lowest BCUT2D eigenvalue weighted by Gasteiger charge is -2.50. The third-order valence-electron chi connectivity index (χ3n) is 6.99. The Hall–Kier alpha value is -1.59.